The van der Waals surface area contributed by atoms with Crippen LogP contribution in [0.5, 0.6) is 5.88 Å². The number of aromatic amines is 1. The van der Waals surface area contributed by atoms with E-state index in [0.29, 0.717) is 12.1 Å². The fourth-order valence-electron chi connectivity index (χ4n) is 1.71. The summed E-state index contributed by atoms with van der Waals surface area (Å²) in [5.74, 6) is -0.281. The maximum atomic E-state index is 11.7. The van der Waals surface area contributed by atoms with Gasteiger partial charge in [0.2, 0.25) is 5.88 Å². The van der Waals surface area contributed by atoms with Crippen molar-refractivity contribution < 1.29 is 5.11 Å². The van der Waals surface area contributed by atoms with Crippen LogP contribution in [0.2, 0.25) is 0 Å². The SMILES string of the molecule is CCc1c(O)n(Cc2csc(C)n2)c(=O)[nH]c1=O. The van der Waals surface area contributed by atoms with E-state index in [-0.39, 0.29) is 18.0 Å². The lowest BCUT2D eigenvalue weighted by atomic mass is 10.2. The van der Waals surface area contributed by atoms with Crippen molar-refractivity contribution in [1.29, 1.82) is 0 Å². The molecule has 0 saturated heterocycles. The first-order valence-electron chi connectivity index (χ1n) is 5.49. The minimum atomic E-state index is -0.625. The number of hydrogen-bond donors (Lipinski definition) is 2. The van der Waals surface area contributed by atoms with E-state index in [1.165, 1.54) is 11.3 Å². The lowest BCUT2D eigenvalue weighted by molar-refractivity contribution is 0.401. The Morgan fingerprint density at radius 1 is 1.50 bits per heavy atom. The van der Waals surface area contributed by atoms with Crippen molar-refractivity contribution in [1.82, 2.24) is 14.5 Å². The van der Waals surface area contributed by atoms with Gasteiger partial charge in [0.25, 0.3) is 5.56 Å². The standard InChI is InChI=1S/C11H13N3O3S/c1-3-8-9(15)13-11(17)14(10(8)16)4-7-5-18-6(2)12-7/h5,16H,3-4H2,1-2H3,(H,13,15,17). The van der Waals surface area contributed by atoms with E-state index in [0.717, 1.165) is 9.57 Å². The van der Waals surface area contributed by atoms with E-state index >= 15 is 0 Å². The summed E-state index contributed by atoms with van der Waals surface area (Å²) >= 11 is 1.47. The summed E-state index contributed by atoms with van der Waals surface area (Å²) in [6.07, 6.45) is 0.359. The normalized spacial score (nSPS) is 10.8. The Labute approximate surface area is 107 Å². The van der Waals surface area contributed by atoms with Crippen LogP contribution in [0.4, 0.5) is 0 Å². The van der Waals surface area contributed by atoms with Crippen molar-refractivity contribution >= 4 is 11.3 Å². The second-order valence-electron chi connectivity index (χ2n) is 3.86. The second-order valence-corrected chi connectivity index (χ2v) is 4.92. The van der Waals surface area contributed by atoms with Gasteiger partial charge in [0.1, 0.15) is 0 Å². The highest BCUT2D eigenvalue weighted by molar-refractivity contribution is 7.09. The number of H-pyrrole nitrogens is 1. The minimum absolute atomic E-state index is 0.152. The molecule has 96 valence electrons. The Balaban J connectivity index is 2.51. The molecule has 0 fully saturated rings. The Morgan fingerprint density at radius 3 is 2.78 bits per heavy atom. The van der Waals surface area contributed by atoms with Gasteiger partial charge >= 0.3 is 5.69 Å². The first-order valence-corrected chi connectivity index (χ1v) is 6.36. The number of rotatable bonds is 3. The molecule has 2 aromatic heterocycles. The maximum absolute atomic E-state index is 11.7. The van der Waals surface area contributed by atoms with Crippen molar-refractivity contribution in [2.45, 2.75) is 26.8 Å². The van der Waals surface area contributed by atoms with Crippen LogP contribution in [-0.2, 0) is 13.0 Å². The quantitative estimate of drug-likeness (QED) is 0.853. The summed E-state index contributed by atoms with van der Waals surface area (Å²) in [6, 6.07) is 0. The maximum Gasteiger partial charge on any atom is 0.331 e. The predicted octanol–water partition coefficient (Wildman–Crippen LogP) is 0.618. The van der Waals surface area contributed by atoms with Crippen LogP contribution in [-0.4, -0.2) is 19.6 Å². The summed E-state index contributed by atoms with van der Waals surface area (Å²) in [6.45, 7) is 3.76. The largest absolute Gasteiger partial charge is 0.494 e. The zero-order valence-corrected chi connectivity index (χ0v) is 10.9. The Morgan fingerprint density at radius 2 is 2.22 bits per heavy atom. The summed E-state index contributed by atoms with van der Waals surface area (Å²) in [7, 11) is 0. The monoisotopic (exact) mass is 267 g/mol. The molecule has 0 aliphatic heterocycles. The lowest BCUT2D eigenvalue weighted by Crippen LogP contribution is -2.32. The predicted molar refractivity (Wildman–Crippen MR) is 68.3 cm³/mol. The lowest BCUT2D eigenvalue weighted by Gasteiger charge is -2.08. The molecule has 0 saturated carbocycles. The molecule has 0 radical (unpaired) electrons. The van der Waals surface area contributed by atoms with Gasteiger partial charge in [-0.05, 0) is 13.3 Å². The summed E-state index contributed by atoms with van der Waals surface area (Å²) in [4.78, 5) is 29.5. The fraction of sp³-hybridized carbons (Fsp3) is 0.364. The molecule has 0 aliphatic carbocycles. The molecular formula is C11H13N3O3S. The molecule has 6 nitrogen and oxygen atoms in total. The molecule has 0 amide bonds. The number of nitrogens with one attached hydrogen (secondary N) is 1. The molecule has 7 heteroatoms. The van der Waals surface area contributed by atoms with E-state index in [4.69, 9.17) is 0 Å². The van der Waals surface area contributed by atoms with Crippen LogP contribution < -0.4 is 11.2 Å². The summed E-state index contributed by atoms with van der Waals surface area (Å²) in [5.41, 5.74) is -0.267. The van der Waals surface area contributed by atoms with Gasteiger partial charge in [-0.25, -0.2) is 9.78 Å². The first kappa shape index (κ1) is 12.6. The van der Waals surface area contributed by atoms with Crippen molar-refractivity contribution in [2.24, 2.45) is 0 Å². The molecule has 18 heavy (non-hydrogen) atoms. The number of thiazole rings is 1. The number of aromatic nitrogens is 3. The van der Waals surface area contributed by atoms with Gasteiger partial charge in [0.15, 0.2) is 0 Å². The second kappa shape index (κ2) is 4.77. The van der Waals surface area contributed by atoms with Crippen LogP contribution in [0.3, 0.4) is 0 Å². The highest BCUT2D eigenvalue weighted by Gasteiger charge is 2.13. The van der Waals surface area contributed by atoms with E-state index in [1.54, 1.807) is 6.92 Å². The van der Waals surface area contributed by atoms with Gasteiger partial charge in [-0.2, -0.15) is 0 Å². The Hall–Kier alpha value is -1.89. The summed E-state index contributed by atoms with van der Waals surface area (Å²) < 4.78 is 1.12. The fourth-order valence-corrected chi connectivity index (χ4v) is 2.31. The van der Waals surface area contributed by atoms with E-state index in [1.807, 2.05) is 12.3 Å². The Bertz CT molecular complexity index is 684. The molecule has 0 unspecified atom stereocenters. The average Bonchev–Trinajstić information content (AvgIpc) is 2.70. The number of aryl methyl sites for hydroxylation is 1. The zero-order valence-electron chi connectivity index (χ0n) is 10.1. The van der Waals surface area contributed by atoms with Gasteiger partial charge in [-0.1, -0.05) is 6.92 Å². The summed E-state index contributed by atoms with van der Waals surface area (Å²) in [5, 5.41) is 12.6. The van der Waals surface area contributed by atoms with E-state index in [9.17, 15) is 14.7 Å². The van der Waals surface area contributed by atoms with Gasteiger partial charge in [0.05, 0.1) is 22.8 Å². The molecule has 0 aliphatic rings. The molecular weight excluding hydrogens is 254 g/mol. The van der Waals surface area contributed by atoms with E-state index < -0.39 is 11.2 Å². The van der Waals surface area contributed by atoms with Gasteiger partial charge in [-0.3, -0.25) is 14.3 Å². The minimum Gasteiger partial charge on any atom is -0.494 e. The average molecular weight is 267 g/mol. The smallest absolute Gasteiger partial charge is 0.331 e. The zero-order chi connectivity index (χ0) is 13.3. The van der Waals surface area contributed by atoms with Crippen molar-refractivity contribution in [3.63, 3.8) is 0 Å². The van der Waals surface area contributed by atoms with Crippen molar-refractivity contribution in [3.05, 3.63) is 42.5 Å². The highest BCUT2D eigenvalue weighted by Crippen LogP contribution is 2.14. The molecule has 0 atom stereocenters. The van der Waals surface area contributed by atoms with Gasteiger partial charge in [-0.15, -0.1) is 11.3 Å². The number of nitrogens with zero attached hydrogens (tertiary/aromatic N) is 2. The first-order chi connectivity index (χ1) is 8.52. The number of hydrogen-bond acceptors (Lipinski definition) is 5. The Kier molecular flexibility index (Phi) is 3.33. The molecule has 0 aromatic carbocycles. The van der Waals surface area contributed by atoms with Gasteiger partial charge < -0.3 is 5.11 Å². The third-order valence-corrected chi connectivity index (χ3v) is 3.43. The molecule has 2 N–H and O–H groups in total. The van der Waals surface area contributed by atoms with Crippen LogP contribution in [0.1, 0.15) is 23.2 Å². The molecule has 2 aromatic rings. The third kappa shape index (κ3) is 2.21. The number of aromatic hydroxyl groups is 1. The molecule has 0 spiro atoms. The van der Waals surface area contributed by atoms with E-state index in [2.05, 4.69) is 9.97 Å². The molecule has 2 rings (SSSR count). The highest BCUT2D eigenvalue weighted by atomic mass is 32.1. The third-order valence-electron chi connectivity index (χ3n) is 2.61. The van der Waals surface area contributed by atoms with Crippen molar-refractivity contribution in [3.8, 4) is 5.88 Å². The molecule has 0 bridgehead atoms. The van der Waals surface area contributed by atoms with Gasteiger partial charge in [0, 0.05) is 5.38 Å². The van der Waals surface area contributed by atoms with Crippen LogP contribution in [0, 0.1) is 6.92 Å². The van der Waals surface area contributed by atoms with Crippen LogP contribution in [0.25, 0.3) is 0 Å². The molecule has 2 heterocycles. The van der Waals surface area contributed by atoms with Crippen LogP contribution >= 0.6 is 11.3 Å². The van der Waals surface area contributed by atoms with Crippen molar-refractivity contribution in [2.75, 3.05) is 0 Å². The van der Waals surface area contributed by atoms with Crippen LogP contribution in [0.15, 0.2) is 15.0 Å². The topological polar surface area (TPSA) is 88.0 Å².